The van der Waals surface area contributed by atoms with E-state index in [1.54, 1.807) is 11.3 Å². The second-order valence-electron chi connectivity index (χ2n) is 4.13. The molecule has 1 aliphatic rings. The zero-order chi connectivity index (χ0) is 11.5. The van der Waals surface area contributed by atoms with E-state index in [0.29, 0.717) is 0 Å². The summed E-state index contributed by atoms with van der Waals surface area (Å²) in [6, 6.07) is 0. The summed E-state index contributed by atoms with van der Waals surface area (Å²) in [5.74, 6) is 0.159. The molecule has 0 aromatic carbocycles. The van der Waals surface area contributed by atoms with Crippen LogP contribution in [-0.4, -0.2) is 23.9 Å². The normalized spacial score (nSPS) is 15.7. The Morgan fingerprint density at radius 1 is 1.50 bits per heavy atom. The minimum Gasteiger partial charge on any atom is -0.383 e. The number of rotatable bonds is 4. The zero-order valence-corrected chi connectivity index (χ0v) is 10.4. The third-order valence-electron chi connectivity index (χ3n) is 2.79. The lowest BCUT2D eigenvalue weighted by atomic mass is 10.2. The number of amidine groups is 1. The number of nitrogens with zero attached hydrogens (tertiary/aromatic N) is 2. The van der Waals surface area contributed by atoms with Crippen molar-refractivity contribution in [1.82, 2.24) is 4.98 Å². The van der Waals surface area contributed by atoms with Crippen LogP contribution in [0.4, 0.5) is 5.13 Å². The molecule has 1 aromatic rings. The summed E-state index contributed by atoms with van der Waals surface area (Å²) in [5.41, 5.74) is 6.59. The summed E-state index contributed by atoms with van der Waals surface area (Å²) in [5, 5.41) is 8.62. The largest absolute Gasteiger partial charge is 0.383 e. The van der Waals surface area contributed by atoms with Gasteiger partial charge in [0.1, 0.15) is 5.84 Å². The van der Waals surface area contributed by atoms with E-state index in [1.807, 2.05) is 0 Å². The van der Waals surface area contributed by atoms with E-state index in [2.05, 4.69) is 16.8 Å². The average molecular weight is 238 g/mol. The van der Waals surface area contributed by atoms with Gasteiger partial charge in [-0.2, -0.15) is 0 Å². The number of nitrogens with one attached hydrogen (secondary N) is 1. The molecule has 88 valence electrons. The Kier molecular flexibility index (Phi) is 3.43. The molecule has 0 radical (unpaired) electrons. The highest BCUT2D eigenvalue weighted by atomic mass is 32.1. The Bertz CT molecular complexity index is 379. The van der Waals surface area contributed by atoms with Gasteiger partial charge in [0.2, 0.25) is 0 Å². The highest BCUT2D eigenvalue weighted by molar-refractivity contribution is 7.17. The van der Waals surface area contributed by atoms with Gasteiger partial charge in [-0.25, -0.2) is 4.98 Å². The summed E-state index contributed by atoms with van der Waals surface area (Å²) in [7, 11) is 0. The zero-order valence-electron chi connectivity index (χ0n) is 9.62. The van der Waals surface area contributed by atoms with E-state index in [0.717, 1.165) is 41.6 Å². The van der Waals surface area contributed by atoms with Gasteiger partial charge in [0.25, 0.3) is 0 Å². The van der Waals surface area contributed by atoms with Crippen molar-refractivity contribution >= 4 is 22.3 Å². The van der Waals surface area contributed by atoms with Gasteiger partial charge in [-0.1, -0.05) is 24.7 Å². The van der Waals surface area contributed by atoms with Crippen LogP contribution in [0.25, 0.3) is 0 Å². The molecule has 3 N–H and O–H groups in total. The topological polar surface area (TPSA) is 66.0 Å². The third-order valence-corrected chi connectivity index (χ3v) is 3.99. The van der Waals surface area contributed by atoms with Crippen molar-refractivity contribution in [2.45, 2.75) is 32.6 Å². The number of aryl methyl sites for hydroxylation is 1. The van der Waals surface area contributed by atoms with Crippen molar-refractivity contribution in [3.05, 3.63) is 10.6 Å². The number of aromatic nitrogens is 1. The molecule has 0 unspecified atom stereocenters. The lowest BCUT2D eigenvalue weighted by molar-refractivity contribution is 0.876. The number of nitrogens with two attached hydrogens (primary N) is 1. The van der Waals surface area contributed by atoms with E-state index < -0.39 is 0 Å². The van der Waals surface area contributed by atoms with Crippen LogP contribution in [0, 0.1) is 5.41 Å². The number of nitrogen functional groups attached to an aromatic ring is 1. The molecule has 2 heterocycles. The summed E-state index contributed by atoms with van der Waals surface area (Å²) in [6.45, 7) is 4.31. The molecular weight excluding hydrogens is 220 g/mol. The molecule has 0 amide bonds. The maximum atomic E-state index is 7.57. The molecule has 0 spiro atoms. The molecule has 0 bridgehead atoms. The maximum absolute atomic E-state index is 7.57. The van der Waals surface area contributed by atoms with Crippen molar-refractivity contribution in [3.8, 4) is 0 Å². The fraction of sp³-hybridized carbons (Fsp3) is 0.636. The fourth-order valence-electron chi connectivity index (χ4n) is 2.00. The van der Waals surface area contributed by atoms with Gasteiger partial charge in [0.05, 0.1) is 10.6 Å². The summed E-state index contributed by atoms with van der Waals surface area (Å²) < 4.78 is 0. The number of anilines is 1. The Hall–Kier alpha value is -1.10. The van der Waals surface area contributed by atoms with E-state index in [1.165, 1.54) is 12.8 Å². The fourth-order valence-corrected chi connectivity index (χ4v) is 3.03. The smallest absolute Gasteiger partial charge is 0.186 e. The molecule has 0 atom stereocenters. The quantitative estimate of drug-likeness (QED) is 0.622. The van der Waals surface area contributed by atoms with E-state index in [-0.39, 0.29) is 5.84 Å². The highest BCUT2D eigenvalue weighted by Gasteiger charge is 2.19. The molecule has 0 saturated carbocycles. The molecule has 1 saturated heterocycles. The average Bonchev–Trinajstić information content (AvgIpc) is 2.83. The van der Waals surface area contributed by atoms with E-state index in [9.17, 15) is 0 Å². The van der Waals surface area contributed by atoms with Crippen LogP contribution in [0.15, 0.2) is 0 Å². The van der Waals surface area contributed by atoms with Crippen molar-refractivity contribution in [2.75, 3.05) is 18.0 Å². The molecular formula is C11H18N4S. The number of hydrogen-bond donors (Lipinski definition) is 2. The molecule has 1 aromatic heterocycles. The maximum Gasteiger partial charge on any atom is 0.186 e. The minimum atomic E-state index is 0.159. The summed E-state index contributed by atoms with van der Waals surface area (Å²) in [4.78, 5) is 7.79. The molecule has 16 heavy (non-hydrogen) atoms. The lowest BCUT2D eigenvalue weighted by Crippen LogP contribution is -2.17. The van der Waals surface area contributed by atoms with Crippen LogP contribution >= 0.6 is 11.3 Å². The van der Waals surface area contributed by atoms with Gasteiger partial charge in [0, 0.05) is 13.1 Å². The van der Waals surface area contributed by atoms with Gasteiger partial charge in [-0.15, -0.1) is 0 Å². The Labute approximate surface area is 100.0 Å². The first-order valence-electron chi connectivity index (χ1n) is 5.81. The Balaban J connectivity index is 2.26. The van der Waals surface area contributed by atoms with Gasteiger partial charge in [-0.3, -0.25) is 5.41 Å². The van der Waals surface area contributed by atoms with Gasteiger partial charge < -0.3 is 10.6 Å². The SMILES string of the molecule is CCCc1nc(N2CCCC2)sc1C(=N)N. The number of thiazole rings is 1. The van der Waals surface area contributed by atoms with Gasteiger partial charge in [-0.05, 0) is 19.3 Å². The molecule has 0 aliphatic carbocycles. The monoisotopic (exact) mass is 238 g/mol. The Morgan fingerprint density at radius 2 is 2.19 bits per heavy atom. The molecule has 4 nitrogen and oxygen atoms in total. The lowest BCUT2D eigenvalue weighted by Gasteiger charge is -2.12. The first kappa shape index (κ1) is 11.4. The molecule has 1 aliphatic heterocycles. The van der Waals surface area contributed by atoms with Gasteiger partial charge in [0.15, 0.2) is 5.13 Å². The van der Waals surface area contributed by atoms with Crippen molar-refractivity contribution < 1.29 is 0 Å². The highest BCUT2D eigenvalue weighted by Crippen LogP contribution is 2.29. The second kappa shape index (κ2) is 4.82. The number of hydrogen-bond acceptors (Lipinski definition) is 4. The third kappa shape index (κ3) is 2.19. The molecule has 5 heteroatoms. The van der Waals surface area contributed by atoms with Gasteiger partial charge >= 0.3 is 0 Å². The van der Waals surface area contributed by atoms with Crippen LogP contribution in [0.2, 0.25) is 0 Å². The predicted molar refractivity (Wildman–Crippen MR) is 68.6 cm³/mol. The van der Waals surface area contributed by atoms with E-state index in [4.69, 9.17) is 11.1 Å². The standard InChI is InChI=1S/C11H18N4S/c1-2-5-8-9(10(12)13)16-11(14-8)15-6-3-4-7-15/h2-7H2,1H3,(H3,12,13). The van der Waals surface area contributed by atoms with Crippen molar-refractivity contribution in [3.63, 3.8) is 0 Å². The van der Waals surface area contributed by atoms with Crippen molar-refractivity contribution in [1.29, 1.82) is 5.41 Å². The molecule has 1 fully saturated rings. The van der Waals surface area contributed by atoms with Crippen molar-refractivity contribution in [2.24, 2.45) is 5.73 Å². The first-order valence-corrected chi connectivity index (χ1v) is 6.63. The summed E-state index contributed by atoms with van der Waals surface area (Å²) in [6.07, 6.45) is 4.46. The van der Waals surface area contributed by atoms with Crippen LogP contribution < -0.4 is 10.6 Å². The first-order chi connectivity index (χ1) is 7.72. The molecule has 2 rings (SSSR count). The van der Waals surface area contributed by atoms with E-state index >= 15 is 0 Å². The van der Waals surface area contributed by atoms with Crippen LogP contribution in [0.1, 0.15) is 36.8 Å². The van der Waals surface area contributed by atoms with Crippen LogP contribution in [0.3, 0.4) is 0 Å². The Morgan fingerprint density at radius 3 is 2.75 bits per heavy atom. The summed E-state index contributed by atoms with van der Waals surface area (Å²) >= 11 is 1.57. The second-order valence-corrected chi connectivity index (χ2v) is 5.11. The predicted octanol–water partition coefficient (Wildman–Crippen LogP) is 1.98. The van der Waals surface area contributed by atoms with Crippen LogP contribution in [-0.2, 0) is 6.42 Å². The van der Waals surface area contributed by atoms with Crippen LogP contribution in [0.5, 0.6) is 0 Å². The minimum absolute atomic E-state index is 0.159.